The van der Waals surface area contributed by atoms with Crippen LogP contribution in [0.3, 0.4) is 0 Å². The molecule has 0 fully saturated rings. The molecule has 0 aliphatic carbocycles. The molecule has 1 aliphatic heterocycles. The first-order chi connectivity index (χ1) is 9.49. The number of benzene rings is 1. The Balaban J connectivity index is 2.16. The molecule has 1 aromatic rings. The molecule has 1 aromatic carbocycles. The molecule has 0 bridgehead atoms. The van der Waals surface area contributed by atoms with Crippen molar-refractivity contribution in [2.24, 2.45) is 4.99 Å². The monoisotopic (exact) mass is 297 g/mol. The van der Waals surface area contributed by atoms with Gasteiger partial charge in [-0.2, -0.15) is 0 Å². The van der Waals surface area contributed by atoms with Gasteiger partial charge in [-0.15, -0.1) is 0 Å². The minimum absolute atomic E-state index is 0.119. The van der Waals surface area contributed by atoms with Crippen LogP contribution in [0.5, 0.6) is 5.75 Å². The molecule has 0 N–H and O–H groups in total. The van der Waals surface area contributed by atoms with Crippen molar-refractivity contribution in [2.75, 3.05) is 20.1 Å². The molecule has 8 heteroatoms. The average molecular weight is 298 g/mol. The van der Waals surface area contributed by atoms with Gasteiger partial charge in [0.15, 0.2) is 5.84 Å². The maximum atomic E-state index is 12.0. The molecular weight excluding hydrogens is 286 g/mol. The molecule has 106 valence electrons. The van der Waals surface area contributed by atoms with Gasteiger partial charge in [-0.25, -0.2) is 4.79 Å². The van der Waals surface area contributed by atoms with E-state index < -0.39 is 16.9 Å². The molecule has 2 rings (SSSR count). The van der Waals surface area contributed by atoms with Crippen LogP contribution in [0.15, 0.2) is 29.3 Å². The molecule has 0 spiro atoms. The molecule has 0 radical (unpaired) electrons. The summed E-state index contributed by atoms with van der Waals surface area (Å²) in [6, 6.07) is 4.39. The summed E-state index contributed by atoms with van der Waals surface area (Å²) in [6.07, 6.45) is 0. The van der Waals surface area contributed by atoms with Crippen LogP contribution in [0.1, 0.15) is 0 Å². The van der Waals surface area contributed by atoms with E-state index in [1.54, 1.807) is 11.9 Å². The summed E-state index contributed by atoms with van der Waals surface area (Å²) in [5.41, 5.74) is 0. The van der Waals surface area contributed by atoms with Gasteiger partial charge in [-0.05, 0) is 24.3 Å². The number of likely N-dealkylation sites (N-methyl/N-ethyl adjacent to an activating group) is 1. The van der Waals surface area contributed by atoms with Crippen molar-refractivity contribution in [1.29, 1.82) is 0 Å². The molecule has 20 heavy (non-hydrogen) atoms. The number of nitrogens with zero attached hydrogens (tertiary/aromatic N) is 3. The highest BCUT2D eigenvalue weighted by Gasteiger charge is 2.41. The fourth-order valence-electron chi connectivity index (χ4n) is 1.81. The van der Waals surface area contributed by atoms with Gasteiger partial charge in [0.05, 0.1) is 6.54 Å². The Morgan fingerprint density at radius 2 is 2.15 bits per heavy atom. The summed E-state index contributed by atoms with van der Waals surface area (Å²) in [5.74, 6) is -0.647. The minimum Gasteiger partial charge on any atom is -0.421 e. The molecule has 1 aliphatic rings. The third-order valence-corrected chi connectivity index (χ3v) is 3.06. The second-order valence-electron chi connectivity index (χ2n) is 4.22. The first-order valence-electron chi connectivity index (χ1n) is 5.85. The SMILES string of the molecule is CN1CCN=C1C(C(=O)Oc1ccc(Cl)cc1)[N+](=O)[O-]. The number of hydrogen-bond acceptors (Lipinski definition) is 6. The predicted octanol–water partition coefficient (Wildman–Crippen LogP) is 1.23. The summed E-state index contributed by atoms with van der Waals surface area (Å²) in [4.78, 5) is 27.9. The summed E-state index contributed by atoms with van der Waals surface area (Å²) in [6.45, 7) is 0.984. The first kappa shape index (κ1) is 14.3. The molecule has 1 heterocycles. The topological polar surface area (TPSA) is 85.0 Å². The number of carbonyl (C=O) groups excluding carboxylic acids is 1. The highest BCUT2D eigenvalue weighted by atomic mass is 35.5. The van der Waals surface area contributed by atoms with Crippen molar-refractivity contribution < 1.29 is 14.5 Å². The van der Waals surface area contributed by atoms with Crippen LogP contribution in [0.25, 0.3) is 0 Å². The smallest absolute Gasteiger partial charge is 0.395 e. The van der Waals surface area contributed by atoms with Gasteiger partial charge < -0.3 is 9.64 Å². The Bertz CT molecular complexity index is 558. The number of ether oxygens (including phenoxy) is 1. The summed E-state index contributed by atoms with van der Waals surface area (Å²) < 4.78 is 5.01. The fraction of sp³-hybridized carbons (Fsp3) is 0.333. The fourth-order valence-corrected chi connectivity index (χ4v) is 1.93. The Morgan fingerprint density at radius 3 is 2.65 bits per heavy atom. The largest absolute Gasteiger partial charge is 0.421 e. The van der Waals surface area contributed by atoms with Crippen molar-refractivity contribution in [2.45, 2.75) is 6.04 Å². The van der Waals surface area contributed by atoms with E-state index in [0.717, 1.165) is 0 Å². The normalized spacial score (nSPS) is 15.7. The zero-order valence-electron chi connectivity index (χ0n) is 10.7. The molecule has 0 amide bonds. The van der Waals surface area contributed by atoms with Gasteiger partial charge in [-0.3, -0.25) is 15.1 Å². The lowest BCUT2D eigenvalue weighted by atomic mass is 10.2. The van der Waals surface area contributed by atoms with Crippen molar-refractivity contribution in [3.63, 3.8) is 0 Å². The van der Waals surface area contributed by atoms with Crippen LogP contribution in [0.4, 0.5) is 0 Å². The van der Waals surface area contributed by atoms with E-state index in [2.05, 4.69) is 4.99 Å². The standard InChI is InChI=1S/C12H12ClN3O4/c1-15-7-6-14-11(15)10(16(18)19)12(17)20-9-4-2-8(13)3-5-9/h2-5,10H,6-7H2,1H3. The number of rotatable bonds is 4. The predicted molar refractivity (Wildman–Crippen MR) is 72.8 cm³/mol. The van der Waals surface area contributed by atoms with E-state index in [1.807, 2.05) is 0 Å². The minimum atomic E-state index is -1.61. The molecule has 0 aromatic heterocycles. The van der Waals surface area contributed by atoms with Crippen LogP contribution in [-0.2, 0) is 4.79 Å². The maximum absolute atomic E-state index is 12.0. The van der Waals surface area contributed by atoms with Crippen LogP contribution < -0.4 is 4.74 Å². The summed E-state index contributed by atoms with van der Waals surface area (Å²) in [5, 5.41) is 11.6. The second kappa shape index (κ2) is 5.87. The van der Waals surface area contributed by atoms with Gasteiger partial charge in [-0.1, -0.05) is 11.6 Å². The Kier molecular flexibility index (Phi) is 4.19. The van der Waals surface area contributed by atoms with Crippen molar-refractivity contribution >= 4 is 23.4 Å². The third-order valence-electron chi connectivity index (χ3n) is 2.81. The quantitative estimate of drug-likeness (QED) is 0.361. The zero-order chi connectivity index (χ0) is 14.7. The number of aliphatic imine (C=N–C) groups is 1. The van der Waals surface area contributed by atoms with E-state index in [9.17, 15) is 14.9 Å². The number of amidine groups is 1. The van der Waals surface area contributed by atoms with E-state index in [1.165, 1.54) is 24.3 Å². The van der Waals surface area contributed by atoms with Gasteiger partial charge in [0.1, 0.15) is 5.75 Å². The Hall–Kier alpha value is -2.15. The number of nitro groups is 1. The van der Waals surface area contributed by atoms with E-state index in [4.69, 9.17) is 16.3 Å². The maximum Gasteiger partial charge on any atom is 0.395 e. The zero-order valence-corrected chi connectivity index (χ0v) is 11.4. The van der Waals surface area contributed by atoms with Crippen LogP contribution >= 0.6 is 11.6 Å². The van der Waals surface area contributed by atoms with Crippen molar-refractivity contribution in [3.05, 3.63) is 39.4 Å². The second-order valence-corrected chi connectivity index (χ2v) is 4.66. The molecular formula is C12H12ClN3O4. The van der Waals surface area contributed by atoms with Crippen LogP contribution in [0, 0.1) is 10.1 Å². The van der Waals surface area contributed by atoms with E-state index >= 15 is 0 Å². The number of hydrogen-bond donors (Lipinski definition) is 0. The van der Waals surface area contributed by atoms with Gasteiger partial charge in [0.2, 0.25) is 0 Å². The molecule has 1 atom stereocenters. The van der Waals surface area contributed by atoms with Gasteiger partial charge in [0, 0.05) is 23.5 Å². The molecule has 7 nitrogen and oxygen atoms in total. The molecule has 0 saturated heterocycles. The van der Waals surface area contributed by atoms with Crippen LogP contribution in [0.2, 0.25) is 5.02 Å². The van der Waals surface area contributed by atoms with E-state index in [0.29, 0.717) is 18.1 Å². The lowest BCUT2D eigenvalue weighted by Gasteiger charge is -2.16. The average Bonchev–Trinajstić information content (AvgIpc) is 2.78. The van der Waals surface area contributed by atoms with Gasteiger partial charge in [0.25, 0.3) is 0 Å². The van der Waals surface area contributed by atoms with Crippen LogP contribution in [-0.4, -0.2) is 47.8 Å². The highest BCUT2D eigenvalue weighted by Crippen LogP contribution is 2.17. The first-order valence-corrected chi connectivity index (χ1v) is 6.23. The van der Waals surface area contributed by atoms with Crippen molar-refractivity contribution in [3.8, 4) is 5.75 Å². The van der Waals surface area contributed by atoms with Crippen molar-refractivity contribution in [1.82, 2.24) is 4.90 Å². The molecule has 0 saturated carbocycles. The number of halogens is 1. The summed E-state index contributed by atoms with van der Waals surface area (Å²) >= 11 is 5.71. The lowest BCUT2D eigenvalue weighted by Crippen LogP contribution is -2.45. The van der Waals surface area contributed by atoms with Gasteiger partial charge >= 0.3 is 12.0 Å². The number of carbonyl (C=O) groups is 1. The number of esters is 1. The molecule has 1 unspecified atom stereocenters. The Labute approximate surface area is 120 Å². The highest BCUT2D eigenvalue weighted by molar-refractivity contribution is 6.30. The van der Waals surface area contributed by atoms with E-state index in [-0.39, 0.29) is 11.6 Å². The Morgan fingerprint density at radius 1 is 1.50 bits per heavy atom. The third kappa shape index (κ3) is 3.05. The summed E-state index contributed by atoms with van der Waals surface area (Å²) in [7, 11) is 1.65. The lowest BCUT2D eigenvalue weighted by molar-refractivity contribution is -0.492.